The maximum Gasteiger partial charge on any atom is 0.265 e. The minimum atomic E-state index is -0.345. The van der Waals surface area contributed by atoms with Gasteiger partial charge in [0.2, 0.25) is 0 Å². The molecule has 0 bridgehead atoms. The van der Waals surface area contributed by atoms with E-state index in [4.69, 9.17) is 10.6 Å². The highest BCUT2D eigenvalue weighted by Crippen LogP contribution is 2.30. The number of H-pyrrole nitrogens is 1. The van der Waals surface area contributed by atoms with Crippen molar-refractivity contribution in [1.82, 2.24) is 10.4 Å². The van der Waals surface area contributed by atoms with Crippen molar-refractivity contribution in [2.24, 2.45) is 5.84 Å². The second-order valence-corrected chi connectivity index (χ2v) is 3.94. The molecule has 5 heteroatoms. The summed E-state index contributed by atoms with van der Waals surface area (Å²) in [5.74, 6) is 5.38. The normalized spacial score (nSPS) is 10.2. The molecule has 0 aliphatic carbocycles. The lowest BCUT2D eigenvalue weighted by Crippen LogP contribution is -2.29. The van der Waals surface area contributed by atoms with E-state index in [0.717, 1.165) is 17.0 Å². The molecule has 18 heavy (non-hydrogen) atoms. The molecule has 1 aromatic carbocycles. The first-order valence-electron chi connectivity index (χ1n) is 5.50. The second kappa shape index (κ2) is 4.93. The van der Waals surface area contributed by atoms with Gasteiger partial charge in [-0.3, -0.25) is 10.2 Å². The molecule has 0 spiro atoms. The van der Waals surface area contributed by atoms with E-state index < -0.39 is 0 Å². The number of hydrazine groups is 1. The summed E-state index contributed by atoms with van der Waals surface area (Å²) in [7, 11) is 1.57. The van der Waals surface area contributed by atoms with Crippen LogP contribution in [0.3, 0.4) is 0 Å². The molecule has 0 aliphatic heterocycles. The highest BCUT2D eigenvalue weighted by Gasteiger charge is 2.11. The van der Waals surface area contributed by atoms with E-state index >= 15 is 0 Å². The van der Waals surface area contributed by atoms with Gasteiger partial charge in [0.25, 0.3) is 5.91 Å². The number of carbonyl (C=O) groups is 1. The van der Waals surface area contributed by atoms with Crippen molar-refractivity contribution in [3.63, 3.8) is 0 Å². The summed E-state index contributed by atoms with van der Waals surface area (Å²) in [6.45, 7) is 1.98. The molecule has 0 saturated carbocycles. The van der Waals surface area contributed by atoms with Gasteiger partial charge in [-0.25, -0.2) is 5.84 Å². The van der Waals surface area contributed by atoms with Crippen LogP contribution in [-0.2, 0) is 0 Å². The number of nitrogens with two attached hydrogens (primary N) is 1. The Bertz CT molecular complexity index is 575. The molecule has 0 unspecified atom stereocenters. The summed E-state index contributed by atoms with van der Waals surface area (Å²) in [6.07, 6.45) is 0. The van der Waals surface area contributed by atoms with Crippen LogP contribution in [0.1, 0.15) is 16.1 Å². The lowest BCUT2D eigenvalue weighted by Gasteiger charge is -2.09. The van der Waals surface area contributed by atoms with Gasteiger partial charge in [-0.15, -0.1) is 0 Å². The fraction of sp³-hybridized carbons (Fsp3) is 0.154. The van der Waals surface area contributed by atoms with Crippen molar-refractivity contribution >= 4 is 5.91 Å². The minimum Gasteiger partial charge on any atom is -0.496 e. The average Bonchev–Trinajstić information content (AvgIpc) is 2.83. The number of nitrogen functional groups attached to an aromatic ring is 1. The van der Waals surface area contributed by atoms with Crippen LogP contribution in [-0.4, -0.2) is 18.0 Å². The molecule has 4 N–H and O–H groups in total. The summed E-state index contributed by atoms with van der Waals surface area (Å²) in [5.41, 5.74) is 5.47. The van der Waals surface area contributed by atoms with Crippen molar-refractivity contribution in [2.45, 2.75) is 6.92 Å². The Balaban J connectivity index is 2.46. The molecule has 0 saturated heterocycles. The molecule has 1 heterocycles. The Morgan fingerprint density at radius 1 is 1.33 bits per heavy atom. The number of methoxy groups -OCH3 is 1. The van der Waals surface area contributed by atoms with Crippen molar-refractivity contribution in [2.75, 3.05) is 7.11 Å². The lowest BCUT2D eigenvalue weighted by molar-refractivity contribution is 0.0953. The Kier molecular flexibility index (Phi) is 3.34. The van der Waals surface area contributed by atoms with Gasteiger partial charge in [0, 0.05) is 22.5 Å². The number of aryl methyl sites for hydroxylation is 1. The summed E-state index contributed by atoms with van der Waals surface area (Å²) in [6, 6.07) is 9.14. The monoisotopic (exact) mass is 245 g/mol. The van der Waals surface area contributed by atoms with Crippen molar-refractivity contribution in [3.8, 4) is 17.0 Å². The fourth-order valence-corrected chi connectivity index (χ4v) is 1.80. The van der Waals surface area contributed by atoms with Gasteiger partial charge >= 0.3 is 0 Å². The van der Waals surface area contributed by atoms with E-state index in [9.17, 15) is 4.79 Å². The van der Waals surface area contributed by atoms with Crippen LogP contribution in [0.4, 0.5) is 0 Å². The molecule has 94 valence electrons. The van der Waals surface area contributed by atoms with Gasteiger partial charge in [-0.2, -0.15) is 0 Å². The average molecular weight is 245 g/mol. The van der Waals surface area contributed by atoms with Gasteiger partial charge in [-0.05, 0) is 37.3 Å². The molecule has 0 radical (unpaired) electrons. The zero-order valence-corrected chi connectivity index (χ0v) is 10.3. The van der Waals surface area contributed by atoms with Gasteiger partial charge < -0.3 is 9.72 Å². The van der Waals surface area contributed by atoms with E-state index in [1.54, 1.807) is 19.2 Å². The molecule has 2 rings (SSSR count). The number of hydrogen-bond donors (Lipinski definition) is 3. The number of aromatic amines is 1. The molecule has 0 fully saturated rings. The zero-order valence-electron chi connectivity index (χ0n) is 10.3. The van der Waals surface area contributed by atoms with Gasteiger partial charge in [0.05, 0.1) is 7.11 Å². The Morgan fingerprint density at radius 3 is 2.67 bits per heavy atom. The summed E-state index contributed by atoms with van der Waals surface area (Å²) < 4.78 is 5.30. The van der Waals surface area contributed by atoms with Crippen LogP contribution in [0.5, 0.6) is 5.75 Å². The quantitative estimate of drug-likeness (QED) is 0.436. The van der Waals surface area contributed by atoms with Crippen LogP contribution in [0.15, 0.2) is 30.3 Å². The zero-order chi connectivity index (χ0) is 13.1. The third kappa shape index (κ3) is 2.21. The third-order valence-electron chi connectivity index (χ3n) is 2.72. The smallest absolute Gasteiger partial charge is 0.265 e. The predicted molar refractivity (Wildman–Crippen MR) is 69.2 cm³/mol. The Morgan fingerprint density at radius 2 is 2.11 bits per heavy atom. The highest BCUT2D eigenvalue weighted by molar-refractivity contribution is 5.95. The van der Waals surface area contributed by atoms with Crippen LogP contribution in [0, 0.1) is 6.92 Å². The number of benzene rings is 1. The first-order chi connectivity index (χ1) is 8.65. The van der Waals surface area contributed by atoms with E-state index in [0.29, 0.717) is 11.3 Å². The molecule has 2 aromatic rings. The minimum absolute atomic E-state index is 0.345. The first kappa shape index (κ1) is 12.2. The maximum absolute atomic E-state index is 11.4. The third-order valence-corrected chi connectivity index (χ3v) is 2.72. The lowest BCUT2D eigenvalue weighted by atomic mass is 10.1. The number of hydrogen-bond acceptors (Lipinski definition) is 3. The fourth-order valence-electron chi connectivity index (χ4n) is 1.80. The molecule has 0 atom stereocenters. The highest BCUT2D eigenvalue weighted by atomic mass is 16.5. The number of rotatable bonds is 3. The van der Waals surface area contributed by atoms with Crippen molar-refractivity contribution in [3.05, 3.63) is 41.6 Å². The van der Waals surface area contributed by atoms with E-state index in [2.05, 4.69) is 10.4 Å². The number of carbonyl (C=O) groups excluding carboxylic acids is 1. The number of ether oxygens (including phenoxy) is 1. The summed E-state index contributed by atoms with van der Waals surface area (Å²) in [4.78, 5) is 14.7. The van der Waals surface area contributed by atoms with E-state index in [-0.39, 0.29) is 5.91 Å². The van der Waals surface area contributed by atoms with Gasteiger partial charge in [0.15, 0.2) is 0 Å². The standard InChI is InChI=1S/C13H15N3O2/c1-8-3-6-11(15-8)10-5-4-9(13(17)16-14)7-12(10)18-2/h3-7,15H,14H2,1-2H3,(H,16,17). The molecular weight excluding hydrogens is 230 g/mol. The molecule has 1 amide bonds. The molecule has 1 aromatic heterocycles. The van der Waals surface area contributed by atoms with E-state index in [1.165, 1.54) is 0 Å². The first-order valence-corrected chi connectivity index (χ1v) is 5.50. The Hall–Kier alpha value is -2.27. The Labute approximate surface area is 105 Å². The second-order valence-electron chi connectivity index (χ2n) is 3.94. The SMILES string of the molecule is COc1cc(C(=O)NN)ccc1-c1ccc(C)[nH]1. The number of nitrogens with one attached hydrogen (secondary N) is 2. The maximum atomic E-state index is 11.4. The van der Waals surface area contributed by atoms with Gasteiger partial charge in [-0.1, -0.05) is 0 Å². The molecular formula is C13H15N3O2. The van der Waals surface area contributed by atoms with E-state index in [1.807, 2.05) is 25.1 Å². The van der Waals surface area contributed by atoms with Crippen LogP contribution in [0.2, 0.25) is 0 Å². The summed E-state index contributed by atoms with van der Waals surface area (Å²) in [5, 5.41) is 0. The van der Waals surface area contributed by atoms with Crippen molar-refractivity contribution in [1.29, 1.82) is 0 Å². The summed E-state index contributed by atoms with van der Waals surface area (Å²) >= 11 is 0. The molecule has 5 nitrogen and oxygen atoms in total. The predicted octanol–water partition coefficient (Wildman–Crippen LogP) is 1.60. The van der Waals surface area contributed by atoms with Gasteiger partial charge in [0.1, 0.15) is 5.75 Å². The number of amides is 1. The number of aromatic nitrogens is 1. The van der Waals surface area contributed by atoms with Crippen LogP contribution in [0.25, 0.3) is 11.3 Å². The van der Waals surface area contributed by atoms with Crippen LogP contribution >= 0.6 is 0 Å². The van der Waals surface area contributed by atoms with Crippen molar-refractivity contribution < 1.29 is 9.53 Å². The topological polar surface area (TPSA) is 80.1 Å². The molecule has 0 aliphatic rings. The largest absolute Gasteiger partial charge is 0.496 e. The van der Waals surface area contributed by atoms with Crippen LogP contribution < -0.4 is 16.0 Å².